The second kappa shape index (κ2) is 11.0. The molecule has 0 atom stereocenters. The van der Waals surface area contributed by atoms with Crippen molar-refractivity contribution in [2.24, 2.45) is 0 Å². The zero-order valence-electron chi connectivity index (χ0n) is 27.6. The van der Waals surface area contributed by atoms with Crippen LogP contribution in [0.1, 0.15) is 82.6 Å². The molecule has 0 fully saturated rings. The van der Waals surface area contributed by atoms with Crippen LogP contribution >= 0.6 is 0 Å². The number of imidazole rings is 1. The summed E-state index contributed by atoms with van der Waals surface area (Å²) in [6.07, 6.45) is 0. The van der Waals surface area contributed by atoms with Gasteiger partial charge in [-0.2, -0.15) is 5.26 Å². The zero-order valence-corrected chi connectivity index (χ0v) is 27.6. The number of fused-ring (bicyclic) bond motifs is 4. The van der Waals surface area contributed by atoms with Gasteiger partial charge in [-0.25, -0.2) is 4.98 Å². The van der Waals surface area contributed by atoms with Crippen LogP contribution in [0, 0.1) is 11.3 Å². The molecule has 0 spiro atoms. The number of nitrogens with zero attached hydrogens (tertiary/aromatic N) is 3. The molecule has 4 heteroatoms. The van der Waals surface area contributed by atoms with Crippen molar-refractivity contribution >= 4 is 33.0 Å². The summed E-state index contributed by atoms with van der Waals surface area (Å²) in [5, 5.41) is 11.5. The number of hydrogen-bond acceptors (Lipinski definition) is 3. The van der Waals surface area contributed by atoms with E-state index in [0.717, 1.165) is 38.8 Å². The number of benzene rings is 5. The van der Waals surface area contributed by atoms with Gasteiger partial charge in [-0.3, -0.25) is 4.57 Å². The van der Waals surface area contributed by atoms with E-state index in [-0.39, 0.29) is 17.3 Å². The minimum Gasteiger partial charge on any atom is -0.455 e. The van der Waals surface area contributed by atoms with E-state index < -0.39 is 0 Å². The average molecular weight is 602 g/mol. The molecule has 0 saturated heterocycles. The van der Waals surface area contributed by atoms with Gasteiger partial charge in [0, 0.05) is 10.8 Å². The zero-order chi connectivity index (χ0) is 32.3. The van der Waals surface area contributed by atoms with Crippen molar-refractivity contribution in [1.82, 2.24) is 9.55 Å². The highest BCUT2D eigenvalue weighted by atomic mass is 16.3. The summed E-state index contributed by atoms with van der Waals surface area (Å²) in [7, 11) is 0. The molecule has 2 heterocycles. The molecule has 7 rings (SSSR count). The Morgan fingerprint density at radius 2 is 1.43 bits per heavy atom. The van der Waals surface area contributed by atoms with Crippen molar-refractivity contribution in [3.05, 3.63) is 119 Å². The summed E-state index contributed by atoms with van der Waals surface area (Å²) in [5.41, 5.74) is 12.6. The lowest BCUT2D eigenvalue weighted by atomic mass is 9.85. The number of para-hydroxylation sites is 3. The van der Waals surface area contributed by atoms with Gasteiger partial charge in [0.25, 0.3) is 0 Å². The highest BCUT2D eigenvalue weighted by molar-refractivity contribution is 6.09. The molecule has 0 radical (unpaired) electrons. The second-order valence-corrected chi connectivity index (χ2v) is 14.0. The van der Waals surface area contributed by atoms with Gasteiger partial charge in [-0.05, 0) is 93.6 Å². The van der Waals surface area contributed by atoms with Gasteiger partial charge < -0.3 is 4.42 Å². The van der Waals surface area contributed by atoms with Gasteiger partial charge in [0.15, 0.2) is 0 Å². The predicted octanol–water partition coefficient (Wildman–Crippen LogP) is 11.7. The van der Waals surface area contributed by atoms with Gasteiger partial charge in [0.2, 0.25) is 0 Å². The maximum atomic E-state index is 9.52. The summed E-state index contributed by atoms with van der Waals surface area (Å²) in [6.45, 7) is 15.9. The van der Waals surface area contributed by atoms with E-state index in [1.807, 2.05) is 24.3 Å². The van der Waals surface area contributed by atoms with Gasteiger partial charge in [-0.15, -0.1) is 0 Å². The molecule has 0 amide bonds. The predicted molar refractivity (Wildman–Crippen MR) is 191 cm³/mol. The topological polar surface area (TPSA) is 54.8 Å². The van der Waals surface area contributed by atoms with Crippen molar-refractivity contribution in [1.29, 1.82) is 5.26 Å². The molecule has 7 aromatic rings. The molecule has 0 aliphatic heterocycles. The van der Waals surface area contributed by atoms with Crippen LogP contribution < -0.4 is 0 Å². The fraction of sp³-hybridized carbons (Fsp3) is 0.238. The highest BCUT2D eigenvalue weighted by Crippen LogP contribution is 2.42. The Hall–Kier alpha value is -5.14. The fourth-order valence-corrected chi connectivity index (χ4v) is 6.62. The third kappa shape index (κ3) is 4.88. The SMILES string of the molecule is CC(C)c1cc(-c2ccc(C(C)(C)C)cc2)cc(C(C)C)c1-n1c(-c2cccc3c2oc2cc(C#N)ccc23)nc2ccccc21. The van der Waals surface area contributed by atoms with Gasteiger partial charge in [0.05, 0.1) is 33.9 Å². The molecule has 0 unspecified atom stereocenters. The summed E-state index contributed by atoms with van der Waals surface area (Å²) in [5.74, 6) is 1.38. The van der Waals surface area contributed by atoms with Crippen molar-refractivity contribution in [3.8, 4) is 34.3 Å². The van der Waals surface area contributed by atoms with Crippen LogP contribution in [0.15, 0.2) is 101 Å². The lowest BCUT2D eigenvalue weighted by Crippen LogP contribution is -2.11. The Morgan fingerprint density at radius 3 is 2.09 bits per heavy atom. The monoisotopic (exact) mass is 601 g/mol. The number of hydrogen-bond donors (Lipinski definition) is 0. The number of furan rings is 1. The third-order valence-electron chi connectivity index (χ3n) is 9.15. The summed E-state index contributed by atoms with van der Waals surface area (Å²) < 4.78 is 8.89. The molecule has 0 bridgehead atoms. The van der Waals surface area contributed by atoms with Crippen molar-refractivity contribution in [2.45, 2.75) is 65.7 Å². The third-order valence-corrected chi connectivity index (χ3v) is 9.15. The van der Waals surface area contributed by atoms with Gasteiger partial charge in [0.1, 0.15) is 17.0 Å². The van der Waals surface area contributed by atoms with Crippen LogP contribution in [0.3, 0.4) is 0 Å². The average Bonchev–Trinajstić information content (AvgIpc) is 3.61. The van der Waals surface area contributed by atoms with E-state index in [9.17, 15) is 5.26 Å². The lowest BCUT2D eigenvalue weighted by Gasteiger charge is -2.25. The Morgan fingerprint density at radius 1 is 0.739 bits per heavy atom. The van der Waals surface area contributed by atoms with Crippen LogP contribution in [0.2, 0.25) is 0 Å². The molecule has 4 nitrogen and oxygen atoms in total. The first-order valence-corrected chi connectivity index (χ1v) is 16.2. The Labute approximate surface area is 270 Å². The van der Waals surface area contributed by atoms with Crippen LogP contribution in [-0.4, -0.2) is 9.55 Å². The number of aromatic nitrogens is 2. The van der Waals surface area contributed by atoms with E-state index in [2.05, 4.69) is 132 Å². The summed E-state index contributed by atoms with van der Waals surface area (Å²) in [6, 6.07) is 36.4. The van der Waals surface area contributed by atoms with E-state index >= 15 is 0 Å². The van der Waals surface area contributed by atoms with Crippen molar-refractivity contribution < 1.29 is 4.42 Å². The van der Waals surface area contributed by atoms with Crippen LogP contribution in [0.5, 0.6) is 0 Å². The molecule has 2 aromatic heterocycles. The number of nitriles is 1. The Kier molecular flexibility index (Phi) is 7.09. The van der Waals surface area contributed by atoms with E-state index in [4.69, 9.17) is 9.40 Å². The smallest absolute Gasteiger partial charge is 0.149 e. The lowest BCUT2D eigenvalue weighted by molar-refractivity contribution is 0.590. The van der Waals surface area contributed by atoms with Crippen LogP contribution in [0.25, 0.3) is 61.2 Å². The Balaban J connectivity index is 1.52. The minimum atomic E-state index is 0.105. The van der Waals surface area contributed by atoms with Gasteiger partial charge >= 0.3 is 0 Å². The molecular weight excluding hydrogens is 562 g/mol. The molecule has 0 N–H and O–H groups in total. The molecular formula is C42H39N3O. The number of rotatable bonds is 5. The molecule has 228 valence electrons. The van der Waals surface area contributed by atoms with Crippen molar-refractivity contribution in [2.75, 3.05) is 0 Å². The maximum absolute atomic E-state index is 9.52. The van der Waals surface area contributed by atoms with Crippen LogP contribution in [0.4, 0.5) is 0 Å². The van der Waals surface area contributed by atoms with E-state index in [0.29, 0.717) is 11.1 Å². The fourth-order valence-electron chi connectivity index (χ4n) is 6.62. The first-order chi connectivity index (χ1) is 22.0. The first-order valence-electron chi connectivity index (χ1n) is 16.2. The van der Waals surface area contributed by atoms with Crippen molar-refractivity contribution in [3.63, 3.8) is 0 Å². The molecule has 0 aliphatic carbocycles. The van der Waals surface area contributed by atoms with E-state index in [1.54, 1.807) is 0 Å². The van der Waals surface area contributed by atoms with Crippen LogP contribution in [-0.2, 0) is 5.41 Å². The molecule has 46 heavy (non-hydrogen) atoms. The molecule has 0 aliphatic rings. The second-order valence-electron chi connectivity index (χ2n) is 14.0. The summed E-state index contributed by atoms with van der Waals surface area (Å²) >= 11 is 0. The van der Waals surface area contributed by atoms with E-state index in [1.165, 1.54) is 33.5 Å². The standard InChI is InChI=1S/C42H39N3O/c1-25(2)34-22-29(28-16-18-30(19-17-28)42(5,6)7)23-35(26(3)4)39(34)45-37-14-9-8-13-36(37)44-41(45)33-12-10-11-32-31-20-15-27(24-43)21-38(31)46-40(32)33/h8-23,25-26H,1-7H3. The molecule has 0 saturated carbocycles. The maximum Gasteiger partial charge on any atom is 0.149 e. The largest absolute Gasteiger partial charge is 0.455 e. The minimum absolute atomic E-state index is 0.105. The highest BCUT2D eigenvalue weighted by Gasteiger charge is 2.25. The normalized spacial score (nSPS) is 12.2. The summed E-state index contributed by atoms with van der Waals surface area (Å²) in [4.78, 5) is 5.28. The first kappa shape index (κ1) is 29.6. The quantitative estimate of drug-likeness (QED) is 0.197. The van der Waals surface area contributed by atoms with Gasteiger partial charge in [-0.1, -0.05) is 97.0 Å². The molecule has 5 aromatic carbocycles. The Bertz CT molecular complexity index is 2270.